The first-order valence-electron chi connectivity index (χ1n) is 6.45. The zero-order chi connectivity index (χ0) is 16.2. The second kappa shape index (κ2) is 6.99. The molecule has 0 aliphatic rings. The molecule has 1 atom stereocenters. The summed E-state index contributed by atoms with van der Waals surface area (Å²) in [7, 11) is -3.72. The van der Waals surface area contributed by atoms with E-state index in [2.05, 4.69) is 15.2 Å². The first kappa shape index (κ1) is 16.6. The van der Waals surface area contributed by atoms with E-state index in [-0.39, 0.29) is 23.1 Å². The van der Waals surface area contributed by atoms with Crippen molar-refractivity contribution in [3.63, 3.8) is 0 Å². The highest BCUT2D eigenvalue weighted by Crippen LogP contribution is 2.18. The van der Waals surface area contributed by atoms with Crippen molar-refractivity contribution < 1.29 is 18.0 Å². The molecule has 1 aromatic carbocycles. The number of hydrogen-bond donors (Lipinski definition) is 3. The van der Waals surface area contributed by atoms with Crippen LogP contribution in [0, 0.1) is 6.92 Å². The molecule has 0 amide bonds. The number of nitrogens with one attached hydrogen (secondary N) is 2. The van der Waals surface area contributed by atoms with E-state index in [1.807, 2.05) is 0 Å². The Morgan fingerprint density at radius 2 is 2.05 bits per heavy atom. The van der Waals surface area contributed by atoms with Gasteiger partial charge in [-0.1, -0.05) is 5.16 Å². The summed E-state index contributed by atoms with van der Waals surface area (Å²) in [6.45, 7) is 1.95. The highest BCUT2D eigenvalue weighted by molar-refractivity contribution is 7.92. The maximum Gasteiger partial charge on any atom is 0.263 e. The van der Waals surface area contributed by atoms with E-state index in [9.17, 15) is 13.5 Å². The van der Waals surface area contributed by atoms with Crippen LogP contribution in [0.1, 0.15) is 5.76 Å². The van der Waals surface area contributed by atoms with Crippen LogP contribution in [0.2, 0.25) is 0 Å². The topological polar surface area (TPSA) is 104 Å². The molecule has 0 saturated carbocycles. The normalized spacial score (nSPS) is 12.9. The zero-order valence-corrected chi connectivity index (χ0v) is 13.4. The van der Waals surface area contributed by atoms with Crippen LogP contribution >= 0.6 is 11.6 Å². The number of hydrogen-bond acceptors (Lipinski definition) is 6. The molecule has 1 unspecified atom stereocenters. The average Bonchev–Trinajstić information content (AvgIpc) is 2.89. The maximum atomic E-state index is 12.2. The first-order chi connectivity index (χ1) is 10.4. The third-order valence-corrected chi connectivity index (χ3v) is 4.48. The number of alkyl halides is 1. The third kappa shape index (κ3) is 4.36. The largest absolute Gasteiger partial charge is 0.390 e. The molecule has 0 radical (unpaired) electrons. The Labute approximate surface area is 133 Å². The summed E-state index contributed by atoms with van der Waals surface area (Å²) in [5.74, 6) is 0.764. The van der Waals surface area contributed by atoms with Gasteiger partial charge in [-0.25, -0.2) is 8.42 Å². The first-order valence-corrected chi connectivity index (χ1v) is 8.46. The van der Waals surface area contributed by atoms with Crippen molar-refractivity contribution in [1.29, 1.82) is 0 Å². The van der Waals surface area contributed by atoms with Crippen molar-refractivity contribution in [1.82, 2.24) is 5.16 Å². The van der Waals surface area contributed by atoms with E-state index in [4.69, 9.17) is 16.1 Å². The van der Waals surface area contributed by atoms with Gasteiger partial charge in [-0.05, 0) is 31.2 Å². The van der Waals surface area contributed by atoms with E-state index in [0.717, 1.165) is 0 Å². The molecule has 9 heteroatoms. The maximum absolute atomic E-state index is 12.2. The van der Waals surface area contributed by atoms with E-state index >= 15 is 0 Å². The van der Waals surface area contributed by atoms with Crippen LogP contribution in [-0.2, 0) is 10.0 Å². The summed E-state index contributed by atoms with van der Waals surface area (Å²) < 4.78 is 31.5. The summed E-state index contributed by atoms with van der Waals surface area (Å²) in [6, 6.07) is 7.59. The Kier molecular flexibility index (Phi) is 5.28. The molecular formula is C13H16ClN3O4S. The number of aliphatic hydroxyl groups is 1. The summed E-state index contributed by atoms with van der Waals surface area (Å²) >= 11 is 5.49. The van der Waals surface area contributed by atoms with Gasteiger partial charge in [0.25, 0.3) is 10.0 Å². The zero-order valence-electron chi connectivity index (χ0n) is 11.8. The smallest absolute Gasteiger partial charge is 0.263 e. The van der Waals surface area contributed by atoms with E-state index in [1.54, 1.807) is 19.1 Å². The number of aryl methyl sites for hydroxylation is 1. The predicted octanol–water partition coefficient (Wildman–Crippen LogP) is 1.80. The number of nitrogens with zero attached hydrogens (tertiary/aromatic N) is 1. The number of halogens is 1. The summed E-state index contributed by atoms with van der Waals surface area (Å²) in [4.78, 5) is 0.0941. The van der Waals surface area contributed by atoms with Gasteiger partial charge >= 0.3 is 0 Å². The lowest BCUT2D eigenvalue weighted by molar-refractivity contribution is 0.211. The SMILES string of the molecule is Cc1cc(NS(=O)(=O)c2ccc(NCC(O)CCl)cc2)no1. The Hall–Kier alpha value is -1.77. The Balaban J connectivity index is 2.05. The number of anilines is 2. The molecule has 120 valence electrons. The molecule has 0 aliphatic carbocycles. The van der Waals surface area contributed by atoms with Crippen LogP contribution < -0.4 is 10.0 Å². The third-order valence-electron chi connectivity index (χ3n) is 2.75. The lowest BCUT2D eigenvalue weighted by Crippen LogP contribution is -2.20. The van der Waals surface area contributed by atoms with E-state index in [0.29, 0.717) is 11.4 Å². The van der Waals surface area contributed by atoms with Gasteiger partial charge in [0, 0.05) is 18.3 Å². The van der Waals surface area contributed by atoms with Crippen LogP contribution in [0.3, 0.4) is 0 Å². The molecule has 0 bridgehead atoms. The highest BCUT2D eigenvalue weighted by Gasteiger charge is 2.16. The fourth-order valence-corrected chi connectivity index (χ4v) is 2.75. The number of rotatable bonds is 7. The molecule has 0 aliphatic heterocycles. The molecule has 22 heavy (non-hydrogen) atoms. The van der Waals surface area contributed by atoms with Crippen molar-refractivity contribution in [3.8, 4) is 0 Å². The molecule has 2 aromatic rings. The molecule has 0 saturated heterocycles. The monoisotopic (exact) mass is 345 g/mol. The molecule has 0 fully saturated rings. The van der Waals surface area contributed by atoms with Gasteiger partial charge < -0.3 is 14.9 Å². The van der Waals surface area contributed by atoms with Gasteiger partial charge in [0.1, 0.15) is 5.76 Å². The van der Waals surface area contributed by atoms with Crippen molar-refractivity contribution in [2.24, 2.45) is 0 Å². The van der Waals surface area contributed by atoms with E-state index < -0.39 is 16.1 Å². The van der Waals surface area contributed by atoms with Crippen molar-refractivity contribution in [2.75, 3.05) is 22.5 Å². The minimum Gasteiger partial charge on any atom is -0.390 e. The fourth-order valence-electron chi connectivity index (χ4n) is 1.65. The average molecular weight is 346 g/mol. The van der Waals surface area contributed by atoms with Gasteiger partial charge in [-0.2, -0.15) is 0 Å². The van der Waals surface area contributed by atoms with Gasteiger partial charge in [0.05, 0.1) is 16.9 Å². The Morgan fingerprint density at radius 1 is 1.36 bits per heavy atom. The van der Waals surface area contributed by atoms with E-state index in [1.165, 1.54) is 18.2 Å². The molecular weight excluding hydrogens is 330 g/mol. The number of sulfonamides is 1. The molecule has 1 heterocycles. The fraction of sp³-hybridized carbons (Fsp3) is 0.308. The Bertz CT molecular complexity index is 715. The molecule has 7 nitrogen and oxygen atoms in total. The van der Waals surface area contributed by atoms with Crippen molar-refractivity contribution in [3.05, 3.63) is 36.1 Å². The minimum atomic E-state index is -3.72. The molecule has 3 N–H and O–H groups in total. The lowest BCUT2D eigenvalue weighted by atomic mass is 10.3. The standard InChI is InChI=1S/C13H16ClN3O4S/c1-9-6-13(16-21-9)17-22(19,20)12-4-2-10(3-5-12)15-8-11(18)7-14/h2-6,11,15,18H,7-8H2,1H3,(H,16,17). The van der Waals surface area contributed by atoms with Crippen molar-refractivity contribution in [2.45, 2.75) is 17.9 Å². The molecule has 0 spiro atoms. The van der Waals surface area contributed by atoms with Gasteiger partial charge in [0.2, 0.25) is 0 Å². The minimum absolute atomic E-state index is 0.0941. The second-order valence-electron chi connectivity index (χ2n) is 4.64. The van der Waals surface area contributed by atoms with Crippen LogP contribution in [-0.4, -0.2) is 37.2 Å². The molecule has 2 rings (SSSR count). The lowest BCUT2D eigenvalue weighted by Gasteiger charge is -2.10. The molecule has 1 aromatic heterocycles. The van der Waals surface area contributed by atoms with Gasteiger partial charge in [0.15, 0.2) is 5.82 Å². The number of aliphatic hydroxyl groups excluding tert-OH is 1. The van der Waals surface area contributed by atoms with Crippen molar-refractivity contribution >= 4 is 33.1 Å². The summed E-state index contributed by atoms with van der Waals surface area (Å²) in [5, 5.41) is 15.9. The summed E-state index contributed by atoms with van der Waals surface area (Å²) in [5.41, 5.74) is 0.681. The predicted molar refractivity (Wildman–Crippen MR) is 83.7 cm³/mol. The van der Waals surface area contributed by atoms with Gasteiger partial charge in [-0.3, -0.25) is 4.72 Å². The second-order valence-corrected chi connectivity index (χ2v) is 6.63. The number of aromatic nitrogens is 1. The Morgan fingerprint density at radius 3 is 2.59 bits per heavy atom. The number of benzene rings is 1. The highest BCUT2D eigenvalue weighted by atomic mass is 35.5. The van der Waals surface area contributed by atoms with Crippen LogP contribution in [0.15, 0.2) is 39.8 Å². The van der Waals surface area contributed by atoms with Gasteiger partial charge in [-0.15, -0.1) is 11.6 Å². The van der Waals surface area contributed by atoms with Crippen LogP contribution in [0.5, 0.6) is 0 Å². The quantitative estimate of drug-likeness (QED) is 0.661. The van der Waals surface area contributed by atoms with Crippen LogP contribution in [0.4, 0.5) is 11.5 Å². The summed E-state index contributed by atoms with van der Waals surface area (Å²) in [6.07, 6.45) is -0.665. The van der Waals surface area contributed by atoms with Crippen LogP contribution in [0.25, 0.3) is 0 Å².